The van der Waals surface area contributed by atoms with Gasteiger partial charge in [-0.15, -0.1) is 0 Å². The van der Waals surface area contributed by atoms with Crippen molar-refractivity contribution in [1.82, 2.24) is 19.2 Å². The van der Waals surface area contributed by atoms with Crippen molar-refractivity contribution >= 4 is 22.5 Å². The van der Waals surface area contributed by atoms with E-state index < -0.39 is 0 Å². The van der Waals surface area contributed by atoms with Crippen molar-refractivity contribution in [2.75, 3.05) is 38.2 Å². The van der Waals surface area contributed by atoms with Crippen molar-refractivity contribution in [2.24, 2.45) is 0 Å². The maximum Gasteiger partial charge on any atom is 0.262 e. The molecule has 0 spiro atoms. The highest BCUT2D eigenvalue weighted by Gasteiger charge is 2.23. The molecular weight excluding hydrogens is 430 g/mol. The van der Waals surface area contributed by atoms with Gasteiger partial charge < -0.3 is 19.1 Å². The molecule has 0 unspecified atom stereocenters. The van der Waals surface area contributed by atoms with Crippen LogP contribution in [-0.4, -0.2) is 58.4 Å². The van der Waals surface area contributed by atoms with Crippen molar-refractivity contribution in [2.45, 2.75) is 13.5 Å². The minimum Gasteiger partial charge on any atom is -0.497 e. The highest BCUT2D eigenvalue weighted by molar-refractivity contribution is 5.83. The minimum atomic E-state index is -0.194. The Hall–Kier alpha value is -4.07. The third kappa shape index (κ3) is 4.03. The molecule has 0 saturated carbocycles. The van der Waals surface area contributed by atoms with Crippen LogP contribution in [0.1, 0.15) is 5.69 Å². The van der Waals surface area contributed by atoms with Crippen LogP contribution < -0.4 is 15.2 Å². The van der Waals surface area contributed by atoms with Crippen molar-refractivity contribution in [3.63, 3.8) is 0 Å². The number of hydrogen-bond acceptors (Lipinski definition) is 5. The number of amides is 1. The lowest BCUT2D eigenvalue weighted by atomic mass is 10.2. The average molecular weight is 458 g/mol. The summed E-state index contributed by atoms with van der Waals surface area (Å²) in [4.78, 5) is 30.3. The lowest BCUT2D eigenvalue weighted by molar-refractivity contribution is -0.132. The Bertz CT molecular complexity index is 1380. The molecule has 0 radical (unpaired) electrons. The Morgan fingerprint density at radius 3 is 2.44 bits per heavy atom. The molecule has 0 aliphatic carbocycles. The highest BCUT2D eigenvalue weighted by atomic mass is 16.5. The van der Waals surface area contributed by atoms with Crippen LogP contribution in [0.3, 0.4) is 0 Å². The molecule has 34 heavy (non-hydrogen) atoms. The second-order valence-electron chi connectivity index (χ2n) is 8.41. The molecule has 1 saturated heterocycles. The Labute approximate surface area is 197 Å². The van der Waals surface area contributed by atoms with Gasteiger partial charge in [-0.3, -0.25) is 9.59 Å². The Balaban J connectivity index is 1.31. The van der Waals surface area contributed by atoms with E-state index in [0.717, 1.165) is 35.7 Å². The number of nitrogens with zero attached hydrogens (tertiary/aromatic N) is 5. The van der Waals surface area contributed by atoms with Gasteiger partial charge >= 0.3 is 0 Å². The molecule has 8 nitrogen and oxygen atoms in total. The van der Waals surface area contributed by atoms with Crippen LogP contribution in [0.15, 0.2) is 71.7 Å². The minimum absolute atomic E-state index is 0.0177. The zero-order chi connectivity index (χ0) is 23.7. The quantitative estimate of drug-likeness (QED) is 0.461. The number of carbonyl (C=O) groups is 1. The maximum absolute atomic E-state index is 13.2. The molecule has 3 heterocycles. The van der Waals surface area contributed by atoms with Crippen LogP contribution in [0.5, 0.6) is 5.75 Å². The monoisotopic (exact) mass is 457 g/mol. The van der Waals surface area contributed by atoms with Crippen LogP contribution in [-0.2, 0) is 11.3 Å². The molecule has 4 aromatic rings. The van der Waals surface area contributed by atoms with E-state index in [4.69, 9.17) is 4.74 Å². The van der Waals surface area contributed by atoms with Crippen molar-refractivity contribution in [3.8, 4) is 11.4 Å². The predicted molar refractivity (Wildman–Crippen MR) is 132 cm³/mol. The SMILES string of the molecule is COc1cccc(N2CCN(C(=O)Cn3ccc4c(c(C)nn4-c4ccccc4)c3=O)CC2)c1. The summed E-state index contributed by atoms with van der Waals surface area (Å²) in [6.45, 7) is 4.53. The molecule has 0 bridgehead atoms. The maximum atomic E-state index is 13.2. The van der Waals surface area contributed by atoms with Gasteiger partial charge in [0.1, 0.15) is 12.3 Å². The molecule has 1 fully saturated rings. The van der Waals surface area contributed by atoms with Crippen LogP contribution in [0.2, 0.25) is 0 Å². The first-order valence-electron chi connectivity index (χ1n) is 11.4. The molecule has 5 rings (SSSR count). The smallest absolute Gasteiger partial charge is 0.262 e. The lowest BCUT2D eigenvalue weighted by Gasteiger charge is -2.36. The summed E-state index contributed by atoms with van der Waals surface area (Å²) in [5.74, 6) is 0.761. The molecule has 174 valence electrons. The molecule has 1 amide bonds. The second kappa shape index (κ2) is 9.05. The van der Waals surface area contributed by atoms with Gasteiger partial charge in [0.2, 0.25) is 5.91 Å². The normalized spacial score (nSPS) is 13.9. The number of benzene rings is 2. The van der Waals surface area contributed by atoms with E-state index in [9.17, 15) is 9.59 Å². The first-order chi connectivity index (χ1) is 16.5. The zero-order valence-electron chi connectivity index (χ0n) is 19.3. The Morgan fingerprint density at radius 2 is 1.71 bits per heavy atom. The van der Waals surface area contributed by atoms with E-state index in [1.807, 2.05) is 72.5 Å². The number of ether oxygens (including phenoxy) is 1. The molecule has 1 aliphatic heterocycles. The second-order valence-corrected chi connectivity index (χ2v) is 8.41. The standard InChI is InChI=1S/C26H27N5O3/c1-19-25-23(31(27-19)20-7-4-3-5-8-20)11-12-30(26(25)33)18-24(32)29-15-13-28(14-16-29)21-9-6-10-22(17-21)34-2/h3-12,17H,13-16,18H2,1-2H3. The van der Waals surface area contributed by atoms with Gasteiger partial charge in [-0.25, -0.2) is 4.68 Å². The van der Waals surface area contributed by atoms with E-state index in [2.05, 4.69) is 10.00 Å². The molecule has 0 atom stereocenters. The van der Waals surface area contributed by atoms with Crippen LogP contribution >= 0.6 is 0 Å². The zero-order valence-corrected chi connectivity index (χ0v) is 19.3. The highest BCUT2D eigenvalue weighted by Crippen LogP contribution is 2.22. The van der Waals surface area contributed by atoms with Crippen LogP contribution in [0.4, 0.5) is 5.69 Å². The first kappa shape index (κ1) is 21.8. The number of anilines is 1. The summed E-state index contributed by atoms with van der Waals surface area (Å²) < 4.78 is 8.58. The predicted octanol–water partition coefficient (Wildman–Crippen LogP) is 2.85. The fraction of sp³-hybridized carbons (Fsp3) is 0.269. The van der Waals surface area contributed by atoms with E-state index in [0.29, 0.717) is 24.2 Å². The topological polar surface area (TPSA) is 72.6 Å². The number of pyridine rings is 1. The third-order valence-electron chi connectivity index (χ3n) is 6.34. The van der Waals surface area contributed by atoms with Gasteiger partial charge in [0.05, 0.1) is 29.4 Å². The van der Waals surface area contributed by atoms with Gasteiger partial charge in [0.15, 0.2) is 0 Å². The molecule has 2 aromatic carbocycles. The summed E-state index contributed by atoms with van der Waals surface area (Å²) in [7, 11) is 1.66. The number of aryl methyl sites for hydroxylation is 1. The fourth-order valence-electron chi connectivity index (χ4n) is 4.49. The third-order valence-corrected chi connectivity index (χ3v) is 6.34. The van der Waals surface area contributed by atoms with Gasteiger partial charge in [0, 0.05) is 44.1 Å². The summed E-state index contributed by atoms with van der Waals surface area (Å²) in [5, 5.41) is 5.12. The van der Waals surface area contributed by atoms with E-state index in [-0.39, 0.29) is 18.0 Å². The van der Waals surface area contributed by atoms with Crippen molar-refractivity contribution < 1.29 is 9.53 Å². The number of piperazine rings is 1. The van der Waals surface area contributed by atoms with E-state index in [1.165, 1.54) is 4.57 Å². The number of fused-ring (bicyclic) bond motifs is 1. The number of para-hydroxylation sites is 1. The molecule has 2 aromatic heterocycles. The largest absolute Gasteiger partial charge is 0.497 e. The lowest BCUT2D eigenvalue weighted by Crippen LogP contribution is -2.50. The van der Waals surface area contributed by atoms with E-state index >= 15 is 0 Å². The average Bonchev–Trinajstić information content (AvgIpc) is 3.23. The molecule has 0 N–H and O–H groups in total. The molecule has 1 aliphatic rings. The van der Waals surface area contributed by atoms with Crippen molar-refractivity contribution in [3.05, 3.63) is 82.9 Å². The van der Waals surface area contributed by atoms with Gasteiger partial charge in [0.25, 0.3) is 5.56 Å². The van der Waals surface area contributed by atoms with Crippen molar-refractivity contribution in [1.29, 1.82) is 0 Å². The number of methoxy groups -OCH3 is 1. The summed E-state index contributed by atoms with van der Waals surface area (Å²) in [5.41, 5.74) is 3.17. The molecular formula is C26H27N5O3. The number of rotatable bonds is 5. The Morgan fingerprint density at radius 1 is 0.971 bits per heavy atom. The van der Waals surface area contributed by atoms with Gasteiger partial charge in [-0.05, 0) is 37.3 Å². The fourth-order valence-corrected chi connectivity index (χ4v) is 4.49. The van der Waals surface area contributed by atoms with Gasteiger partial charge in [-0.1, -0.05) is 24.3 Å². The molecule has 8 heteroatoms. The van der Waals surface area contributed by atoms with Gasteiger partial charge in [-0.2, -0.15) is 5.10 Å². The number of carbonyl (C=O) groups excluding carboxylic acids is 1. The number of hydrogen-bond donors (Lipinski definition) is 0. The summed E-state index contributed by atoms with van der Waals surface area (Å²) in [6.07, 6.45) is 1.69. The van der Waals surface area contributed by atoms with Crippen LogP contribution in [0, 0.1) is 6.92 Å². The first-order valence-corrected chi connectivity index (χ1v) is 11.4. The van der Waals surface area contributed by atoms with Crippen LogP contribution in [0.25, 0.3) is 16.6 Å². The summed E-state index contributed by atoms with van der Waals surface area (Å²) in [6, 6.07) is 19.5. The summed E-state index contributed by atoms with van der Waals surface area (Å²) >= 11 is 0. The number of aromatic nitrogens is 3. The van der Waals surface area contributed by atoms with E-state index in [1.54, 1.807) is 18.0 Å². The Kier molecular flexibility index (Phi) is 5.79.